The van der Waals surface area contributed by atoms with Crippen molar-refractivity contribution in [3.05, 3.63) is 10.4 Å². The molecule has 1 fully saturated rings. The van der Waals surface area contributed by atoms with E-state index in [0.717, 1.165) is 13.1 Å². The van der Waals surface area contributed by atoms with Crippen LogP contribution in [-0.4, -0.2) is 36.4 Å². The normalized spacial score (nSPS) is 15.6. The van der Waals surface area contributed by atoms with Crippen molar-refractivity contribution in [3.8, 4) is 0 Å². The molecule has 1 heterocycles. The number of carboxylic acids is 1. The Hall–Kier alpha value is -1.47. The maximum Gasteiger partial charge on any atom is 0.490 e. The average molecular weight is 212 g/mol. The van der Waals surface area contributed by atoms with Crippen molar-refractivity contribution in [1.29, 1.82) is 0 Å². The van der Waals surface area contributed by atoms with E-state index in [1.54, 1.807) is 0 Å². The highest BCUT2D eigenvalue weighted by molar-refractivity contribution is 5.73. The summed E-state index contributed by atoms with van der Waals surface area (Å²) >= 11 is 0. The molecule has 0 aliphatic carbocycles. The minimum atomic E-state index is -5.08. The lowest BCUT2D eigenvalue weighted by Gasteiger charge is -2.21. The maximum atomic E-state index is 10.6. The van der Waals surface area contributed by atoms with Crippen LogP contribution >= 0.6 is 0 Å². The second-order valence-electron chi connectivity index (χ2n) is 2.32. The topological polar surface area (TPSA) is 98.1 Å². The number of alkyl halides is 3. The van der Waals surface area contributed by atoms with Crippen LogP contribution in [0.3, 0.4) is 0 Å². The van der Waals surface area contributed by atoms with Gasteiger partial charge in [-0.1, -0.05) is 5.11 Å². The van der Waals surface area contributed by atoms with Gasteiger partial charge in [0.1, 0.15) is 0 Å². The van der Waals surface area contributed by atoms with E-state index in [4.69, 9.17) is 15.4 Å². The summed E-state index contributed by atoms with van der Waals surface area (Å²) in [4.78, 5) is 11.5. The lowest BCUT2D eigenvalue weighted by atomic mass is 10.2. The second-order valence-corrected chi connectivity index (χ2v) is 2.32. The molecule has 0 spiro atoms. The SMILES string of the molecule is O=C(O)C(F)(F)F.[N-]=[N+]=NC1CNC1. The highest BCUT2D eigenvalue weighted by Gasteiger charge is 2.38. The number of halogens is 3. The van der Waals surface area contributed by atoms with Crippen LogP contribution in [0.15, 0.2) is 5.11 Å². The molecule has 0 aromatic heterocycles. The van der Waals surface area contributed by atoms with E-state index in [9.17, 15) is 13.2 Å². The van der Waals surface area contributed by atoms with Crippen LogP contribution in [0.2, 0.25) is 0 Å². The average Bonchev–Trinajstić information content (AvgIpc) is 1.96. The van der Waals surface area contributed by atoms with Gasteiger partial charge in [-0.25, -0.2) is 4.79 Å². The molecule has 80 valence electrons. The molecule has 1 saturated heterocycles. The van der Waals surface area contributed by atoms with Crippen molar-refractivity contribution < 1.29 is 23.1 Å². The van der Waals surface area contributed by atoms with Crippen molar-refractivity contribution >= 4 is 5.97 Å². The van der Waals surface area contributed by atoms with E-state index in [1.165, 1.54) is 0 Å². The number of aliphatic carboxylic acids is 1. The number of hydrogen-bond donors (Lipinski definition) is 2. The first-order valence-electron chi connectivity index (χ1n) is 3.43. The molecular weight excluding hydrogens is 205 g/mol. The van der Waals surface area contributed by atoms with E-state index in [0.29, 0.717) is 0 Å². The first-order chi connectivity index (χ1) is 6.38. The molecule has 0 aromatic carbocycles. The van der Waals surface area contributed by atoms with Gasteiger partial charge >= 0.3 is 12.1 Å². The van der Waals surface area contributed by atoms with Gasteiger partial charge in [-0.15, -0.1) is 0 Å². The Kier molecular flexibility index (Phi) is 4.74. The molecule has 6 nitrogen and oxygen atoms in total. The summed E-state index contributed by atoms with van der Waals surface area (Å²) in [6, 6.07) is 0.227. The van der Waals surface area contributed by atoms with Crippen molar-refractivity contribution in [3.63, 3.8) is 0 Å². The lowest BCUT2D eigenvalue weighted by Crippen LogP contribution is -2.45. The van der Waals surface area contributed by atoms with Gasteiger partial charge in [-0.2, -0.15) is 13.2 Å². The quantitative estimate of drug-likeness (QED) is 0.383. The lowest BCUT2D eigenvalue weighted by molar-refractivity contribution is -0.192. The molecule has 14 heavy (non-hydrogen) atoms. The smallest absolute Gasteiger partial charge is 0.475 e. The zero-order valence-corrected chi connectivity index (χ0v) is 6.82. The van der Waals surface area contributed by atoms with Gasteiger partial charge in [0.15, 0.2) is 0 Å². The number of nitrogens with one attached hydrogen (secondary N) is 1. The van der Waals surface area contributed by atoms with Gasteiger partial charge in [0, 0.05) is 18.0 Å². The Balaban J connectivity index is 0.000000241. The van der Waals surface area contributed by atoms with E-state index in [2.05, 4.69) is 15.3 Å². The van der Waals surface area contributed by atoms with Crippen LogP contribution in [0.25, 0.3) is 10.4 Å². The van der Waals surface area contributed by atoms with E-state index < -0.39 is 12.1 Å². The fourth-order valence-electron chi connectivity index (χ4n) is 0.428. The van der Waals surface area contributed by atoms with Crippen LogP contribution in [0.4, 0.5) is 13.2 Å². The van der Waals surface area contributed by atoms with Crippen molar-refractivity contribution in [2.45, 2.75) is 12.2 Å². The molecule has 1 aliphatic heterocycles. The van der Waals surface area contributed by atoms with Gasteiger partial charge in [-0.05, 0) is 5.53 Å². The molecule has 1 rings (SSSR count). The molecule has 1 aliphatic rings. The minimum Gasteiger partial charge on any atom is -0.475 e. The predicted molar refractivity (Wildman–Crippen MR) is 39.5 cm³/mol. The number of hydrogen-bond acceptors (Lipinski definition) is 3. The van der Waals surface area contributed by atoms with Crippen LogP contribution in [0.5, 0.6) is 0 Å². The summed E-state index contributed by atoms with van der Waals surface area (Å²) in [5.74, 6) is -2.76. The third-order valence-electron chi connectivity index (χ3n) is 1.22. The Morgan fingerprint density at radius 2 is 2.00 bits per heavy atom. The Morgan fingerprint density at radius 3 is 2.07 bits per heavy atom. The van der Waals surface area contributed by atoms with Gasteiger partial charge in [0.2, 0.25) is 0 Å². The number of rotatable bonds is 1. The van der Waals surface area contributed by atoms with Crippen LogP contribution in [-0.2, 0) is 4.79 Å². The van der Waals surface area contributed by atoms with Gasteiger partial charge in [-0.3, -0.25) is 0 Å². The van der Waals surface area contributed by atoms with Crippen molar-refractivity contribution in [2.75, 3.05) is 13.1 Å². The fourth-order valence-corrected chi connectivity index (χ4v) is 0.428. The minimum absolute atomic E-state index is 0.227. The highest BCUT2D eigenvalue weighted by atomic mass is 19.4. The Labute approximate surface area is 76.3 Å². The molecule has 2 N–H and O–H groups in total. The molecule has 0 amide bonds. The largest absolute Gasteiger partial charge is 0.490 e. The number of carbonyl (C=O) groups is 1. The predicted octanol–water partition coefficient (Wildman–Crippen LogP) is 0.902. The van der Waals surface area contributed by atoms with Crippen LogP contribution in [0.1, 0.15) is 0 Å². The summed E-state index contributed by atoms with van der Waals surface area (Å²) < 4.78 is 31.7. The van der Waals surface area contributed by atoms with Crippen LogP contribution < -0.4 is 5.32 Å². The number of azide groups is 1. The molecule has 9 heteroatoms. The Morgan fingerprint density at radius 1 is 1.57 bits per heavy atom. The number of carboxylic acid groups (broad SMARTS) is 1. The molecule has 0 aromatic rings. The van der Waals surface area contributed by atoms with E-state index >= 15 is 0 Å². The van der Waals surface area contributed by atoms with E-state index in [-0.39, 0.29) is 6.04 Å². The van der Waals surface area contributed by atoms with Gasteiger partial charge < -0.3 is 10.4 Å². The molecule has 0 bridgehead atoms. The first kappa shape index (κ1) is 12.5. The third-order valence-corrected chi connectivity index (χ3v) is 1.22. The summed E-state index contributed by atoms with van der Waals surface area (Å²) in [7, 11) is 0. The molecular formula is C5H7F3N4O2. The standard InChI is InChI=1S/C3H6N4.C2HF3O2/c4-7-6-3-1-5-2-3;3-2(4,5)1(6)7/h3,5H,1-2H2;(H,6,7). The molecule has 0 saturated carbocycles. The van der Waals surface area contributed by atoms with E-state index in [1.807, 2.05) is 0 Å². The zero-order valence-electron chi connectivity index (χ0n) is 6.82. The fraction of sp³-hybridized carbons (Fsp3) is 0.800. The summed E-state index contributed by atoms with van der Waals surface area (Å²) in [5, 5.41) is 13.6. The molecule has 0 radical (unpaired) electrons. The summed E-state index contributed by atoms with van der Waals surface area (Å²) in [5.41, 5.74) is 7.83. The number of nitrogens with zero attached hydrogens (tertiary/aromatic N) is 3. The van der Waals surface area contributed by atoms with Gasteiger partial charge in [0.05, 0.1) is 6.04 Å². The maximum absolute atomic E-state index is 10.6. The summed E-state index contributed by atoms with van der Waals surface area (Å²) in [6.45, 7) is 1.70. The van der Waals surface area contributed by atoms with Crippen molar-refractivity contribution in [2.24, 2.45) is 5.11 Å². The monoisotopic (exact) mass is 212 g/mol. The third kappa shape index (κ3) is 5.22. The van der Waals surface area contributed by atoms with Gasteiger partial charge in [0.25, 0.3) is 0 Å². The second kappa shape index (κ2) is 5.30. The zero-order chi connectivity index (χ0) is 11.2. The highest BCUT2D eigenvalue weighted by Crippen LogP contribution is 2.13. The Bertz CT molecular complexity index is 244. The molecule has 0 unspecified atom stereocenters. The van der Waals surface area contributed by atoms with Crippen LogP contribution in [0, 0.1) is 0 Å². The van der Waals surface area contributed by atoms with Crippen molar-refractivity contribution in [1.82, 2.24) is 5.32 Å². The first-order valence-corrected chi connectivity index (χ1v) is 3.43. The summed E-state index contributed by atoms with van der Waals surface area (Å²) in [6.07, 6.45) is -5.08. The molecule has 0 atom stereocenters.